The highest BCUT2D eigenvalue weighted by Gasteiger charge is 2.43. The van der Waals surface area contributed by atoms with E-state index in [1.165, 1.54) is 6.92 Å². The van der Waals surface area contributed by atoms with Crippen LogP contribution in [0.5, 0.6) is 0 Å². The van der Waals surface area contributed by atoms with Gasteiger partial charge in [0.1, 0.15) is 0 Å². The molecule has 0 amide bonds. The van der Waals surface area contributed by atoms with Crippen molar-refractivity contribution in [3.8, 4) is 0 Å². The second kappa shape index (κ2) is 7.34. The van der Waals surface area contributed by atoms with Gasteiger partial charge in [-0.1, -0.05) is 29.8 Å². The van der Waals surface area contributed by atoms with Gasteiger partial charge in [-0.2, -0.15) is 0 Å². The summed E-state index contributed by atoms with van der Waals surface area (Å²) in [7, 11) is 0. The zero-order valence-electron chi connectivity index (χ0n) is 10.6. The number of carbonyl (C=O) groups excluding carboxylic acids is 1. The van der Waals surface area contributed by atoms with Crippen molar-refractivity contribution in [1.29, 1.82) is 0 Å². The molecule has 1 aliphatic heterocycles. The molecule has 1 saturated heterocycles. The van der Waals surface area contributed by atoms with Crippen LogP contribution in [0.1, 0.15) is 33.6 Å². The Balaban J connectivity index is 2.55. The molecular formula is C12H21BrO4. The molecule has 0 N–H and O–H groups in total. The van der Waals surface area contributed by atoms with Gasteiger partial charge in [-0.15, -0.1) is 0 Å². The van der Waals surface area contributed by atoms with Gasteiger partial charge in [0.25, 0.3) is 0 Å². The Hall–Kier alpha value is -0.130. The van der Waals surface area contributed by atoms with Gasteiger partial charge in [0.2, 0.25) is 0 Å². The molecule has 0 aromatic heterocycles. The van der Waals surface area contributed by atoms with Gasteiger partial charge in [-0.3, -0.25) is 4.79 Å². The third kappa shape index (κ3) is 4.23. The minimum absolute atomic E-state index is 0.105. The fourth-order valence-corrected chi connectivity index (χ4v) is 2.27. The van der Waals surface area contributed by atoms with Crippen molar-refractivity contribution in [1.82, 2.24) is 0 Å². The van der Waals surface area contributed by atoms with Crippen LogP contribution in [-0.4, -0.2) is 36.4 Å². The summed E-state index contributed by atoms with van der Waals surface area (Å²) in [5.41, 5.74) is 0. The van der Waals surface area contributed by atoms with Crippen molar-refractivity contribution in [2.75, 3.05) is 11.9 Å². The maximum Gasteiger partial charge on any atom is 0.303 e. The fourth-order valence-electron chi connectivity index (χ4n) is 2.04. The minimum Gasteiger partial charge on any atom is -0.457 e. The number of carbonyl (C=O) groups is 1. The topological polar surface area (TPSA) is 44.8 Å². The molecule has 0 saturated carbocycles. The maximum atomic E-state index is 11.1. The molecule has 0 spiro atoms. The van der Waals surface area contributed by atoms with Crippen molar-refractivity contribution >= 4 is 21.9 Å². The maximum absolute atomic E-state index is 11.1. The molecule has 1 rings (SSSR count). The van der Waals surface area contributed by atoms with Crippen molar-refractivity contribution < 1.29 is 19.0 Å². The monoisotopic (exact) mass is 308 g/mol. The Morgan fingerprint density at radius 1 is 1.47 bits per heavy atom. The summed E-state index contributed by atoms with van der Waals surface area (Å²) < 4.78 is 16.7. The summed E-state index contributed by atoms with van der Waals surface area (Å²) in [6.45, 7) is 6.13. The number of esters is 1. The van der Waals surface area contributed by atoms with Crippen LogP contribution < -0.4 is 0 Å². The van der Waals surface area contributed by atoms with Crippen molar-refractivity contribution in [3.63, 3.8) is 0 Å². The summed E-state index contributed by atoms with van der Waals surface area (Å²) >= 11 is 3.35. The van der Waals surface area contributed by atoms with E-state index < -0.39 is 6.29 Å². The summed E-state index contributed by atoms with van der Waals surface area (Å²) in [6.07, 6.45) is 1.22. The lowest BCUT2D eigenvalue weighted by atomic mass is 9.99. The van der Waals surface area contributed by atoms with E-state index in [0.717, 1.165) is 18.2 Å². The molecule has 4 nitrogen and oxygen atoms in total. The average molecular weight is 309 g/mol. The lowest BCUT2D eigenvalue weighted by Gasteiger charge is -2.20. The Morgan fingerprint density at radius 2 is 2.18 bits per heavy atom. The molecule has 0 aliphatic carbocycles. The predicted octanol–water partition coefficient (Wildman–Crippen LogP) is 2.49. The summed E-state index contributed by atoms with van der Waals surface area (Å²) in [6, 6.07) is 0. The smallest absolute Gasteiger partial charge is 0.303 e. The van der Waals surface area contributed by atoms with Gasteiger partial charge in [0, 0.05) is 18.2 Å². The van der Waals surface area contributed by atoms with E-state index in [-0.39, 0.29) is 24.1 Å². The van der Waals surface area contributed by atoms with E-state index in [1.807, 2.05) is 6.92 Å². The third-order valence-electron chi connectivity index (χ3n) is 2.95. The molecule has 0 bridgehead atoms. The zero-order valence-corrected chi connectivity index (χ0v) is 12.2. The molecule has 4 unspecified atom stereocenters. The van der Waals surface area contributed by atoms with Crippen LogP contribution in [0.25, 0.3) is 0 Å². The van der Waals surface area contributed by atoms with Crippen LogP contribution in [0, 0.1) is 5.92 Å². The molecule has 17 heavy (non-hydrogen) atoms. The van der Waals surface area contributed by atoms with Crippen molar-refractivity contribution in [2.24, 2.45) is 5.92 Å². The number of alkyl halides is 1. The first-order chi connectivity index (χ1) is 8.10. The average Bonchev–Trinajstić information content (AvgIpc) is 2.57. The van der Waals surface area contributed by atoms with Gasteiger partial charge in [-0.25, -0.2) is 0 Å². The van der Waals surface area contributed by atoms with Gasteiger partial charge in [-0.05, 0) is 12.8 Å². The molecule has 0 radical (unpaired) electrons. The van der Waals surface area contributed by atoms with E-state index in [1.54, 1.807) is 0 Å². The normalized spacial score (nSPS) is 32.7. The van der Waals surface area contributed by atoms with Crippen molar-refractivity contribution in [3.05, 3.63) is 0 Å². The highest BCUT2D eigenvalue weighted by molar-refractivity contribution is 9.09. The predicted molar refractivity (Wildman–Crippen MR) is 68.0 cm³/mol. The van der Waals surface area contributed by atoms with Gasteiger partial charge < -0.3 is 14.2 Å². The van der Waals surface area contributed by atoms with E-state index >= 15 is 0 Å². The van der Waals surface area contributed by atoms with Crippen LogP contribution >= 0.6 is 15.9 Å². The lowest BCUT2D eigenvalue weighted by Crippen LogP contribution is -2.33. The van der Waals surface area contributed by atoms with Crippen LogP contribution in [0.3, 0.4) is 0 Å². The molecule has 1 heterocycles. The van der Waals surface area contributed by atoms with Gasteiger partial charge >= 0.3 is 5.97 Å². The van der Waals surface area contributed by atoms with Crippen LogP contribution in [0.4, 0.5) is 0 Å². The number of hydrogen-bond acceptors (Lipinski definition) is 4. The molecular weight excluding hydrogens is 288 g/mol. The molecule has 1 fully saturated rings. The molecule has 4 atom stereocenters. The second-order valence-corrected chi connectivity index (χ2v) is 5.09. The SMILES string of the molecule is CCC1OC(OCCCBr)C(OC(C)=O)C1C. The van der Waals surface area contributed by atoms with E-state index in [0.29, 0.717) is 6.61 Å². The fraction of sp³-hybridized carbons (Fsp3) is 0.917. The molecule has 1 aliphatic rings. The van der Waals surface area contributed by atoms with Crippen LogP contribution in [-0.2, 0) is 19.0 Å². The lowest BCUT2D eigenvalue weighted by molar-refractivity contribution is -0.185. The van der Waals surface area contributed by atoms with E-state index in [2.05, 4.69) is 22.9 Å². The van der Waals surface area contributed by atoms with E-state index in [4.69, 9.17) is 14.2 Å². The number of rotatable bonds is 6. The minimum atomic E-state index is -0.419. The molecule has 0 aromatic carbocycles. The largest absolute Gasteiger partial charge is 0.457 e. The van der Waals surface area contributed by atoms with Crippen LogP contribution in [0.15, 0.2) is 0 Å². The number of halogens is 1. The highest BCUT2D eigenvalue weighted by atomic mass is 79.9. The standard InChI is InChI=1S/C12H21BrO4/c1-4-10-8(2)11(16-9(3)14)12(17-10)15-7-5-6-13/h8,10-12H,4-7H2,1-3H3. The third-order valence-corrected chi connectivity index (χ3v) is 3.51. The second-order valence-electron chi connectivity index (χ2n) is 4.30. The molecule has 0 aromatic rings. The Kier molecular flexibility index (Phi) is 6.44. The zero-order chi connectivity index (χ0) is 12.8. The van der Waals surface area contributed by atoms with Gasteiger partial charge in [0.05, 0.1) is 12.7 Å². The summed E-state index contributed by atoms with van der Waals surface area (Å²) in [5.74, 6) is -0.103. The first-order valence-electron chi connectivity index (χ1n) is 6.10. The van der Waals surface area contributed by atoms with Crippen molar-refractivity contribution in [2.45, 2.75) is 52.1 Å². The molecule has 5 heteroatoms. The molecule has 100 valence electrons. The van der Waals surface area contributed by atoms with Gasteiger partial charge in [0.15, 0.2) is 12.4 Å². The van der Waals surface area contributed by atoms with Crippen LogP contribution in [0.2, 0.25) is 0 Å². The highest BCUT2D eigenvalue weighted by Crippen LogP contribution is 2.31. The summed E-state index contributed by atoms with van der Waals surface area (Å²) in [5, 5.41) is 0.894. The Labute approximate surface area is 111 Å². The first kappa shape index (κ1) is 14.9. The Morgan fingerprint density at radius 3 is 2.71 bits per heavy atom. The quantitative estimate of drug-likeness (QED) is 0.429. The summed E-state index contributed by atoms with van der Waals surface area (Å²) in [4.78, 5) is 11.1. The first-order valence-corrected chi connectivity index (χ1v) is 7.22. The number of hydrogen-bond donors (Lipinski definition) is 0. The van der Waals surface area contributed by atoms with E-state index in [9.17, 15) is 4.79 Å². The Bertz CT molecular complexity index is 247. The number of ether oxygens (including phenoxy) is 3.